The van der Waals surface area contributed by atoms with Crippen LogP contribution < -0.4 is 5.32 Å². The van der Waals surface area contributed by atoms with E-state index in [0.717, 1.165) is 5.76 Å². The molecule has 0 saturated carbocycles. The molecule has 1 aromatic rings. The Labute approximate surface area is 83.2 Å². The molecule has 0 spiro atoms. The first-order valence-corrected chi connectivity index (χ1v) is 4.57. The second-order valence-electron chi connectivity index (χ2n) is 3.00. The van der Waals surface area contributed by atoms with Crippen LogP contribution in [0.15, 0.2) is 22.8 Å². The third-order valence-corrected chi connectivity index (χ3v) is 1.97. The number of rotatable bonds is 5. The molecule has 4 nitrogen and oxygen atoms in total. The molecule has 1 heterocycles. The van der Waals surface area contributed by atoms with E-state index in [1.165, 1.54) is 7.11 Å². The Bertz CT molecular complexity index is 269. The third kappa shape index (κ3) is 3.22. The molecule has 0 aliphatic rings. The number of amides is 1. The molecule has 14 heavy (non-hydrogen) atoms. The predicted octanol–water partition coefficient (Wildman–Crippen LogP) is 0.973. The molecule has 0 aliphatic heterocycles. The summed E-state index contributed by atoms with van der Waals surface area (Å²) in [6, 6.07) is 3.71. The van der Waals surface area contributed by atoms with Gasteiger partial charge in [0.2, 0.25) is 5.91 Å². The van der Waals surface area contributed by atoms with Gasteiger partial charge in [-0.3, -0.25) is 4.79 Å². The van der Waals surface area contributed by atoms with Crippen LogP contribution in [-0.2, 0) is 16.0 Å². The average molecular weight is 197 g/mol. The average Bonchev–Trinajstić information content (AvgIpc) is 2.69. The Hall–Kier alpha value is -1.29. The normalized spacial score (nSPS) is 12.4. The van der Waals surface area contributed by atoms with E-state index in [9.17, 15) is 4.79 Å². The van der Waals surface area contributed by atoms with E-state index < -0.39 is 6.10 Å². The van der Waals surface area contributed by atoms with Gasteiger partial charge < -0.3 is 14.5 Å². The minimum Gasteiger partial charge on any atom is -0.469 e. The number of furan rings is 1. The maximum Gasteiger partial charge on any atom is 0.248 e. The quantitative estimate of drug-likeness (QED) is 0.765. The van der Waals surface area contributed by atoms with Gasteiger partial charge in [-0.05, 0) is 19.1 Å². The van der Waals surface area contributed by atoms with Crippen LogP contribution in [0.2, 0.25) is 0 Å². The van der Waals surface area contributed by atoms with Crippen molar-refractivity contribution in [1.29, 1.82) is 0 Å². The van der Waals surface area contributed by atoms with Gasteiger partial charge in [-0.15, -0.1) is 0 Å². The van der Waals surface area contributed by atoms with Crippen molar-refractivity contribution in [3.63, 3.8) is 0 Å². The van der Waals surface area contributed by atoms with Crippen LogP contribution in [0.25, 0.3) is 0 Å². The van der Waals surface area contributed by atoms with Gasteiger partial charge in [-0.25, -0.2) is 0 Å². The van der Waals surface area contributed by atoms with E-state index in [2.05, 4.69) is 5.32 Å². The fourth-order valence-electron chi connectivity index (χ4n) is 1.01. The van der Waals surface area contributed by atoms with Crippen molar-refractivity contribution < 1.29 is 13.9 Å². The Balaban J connectivity index is 2.18. The van der Waals surface area contributed by atoms with Crippen molar-refractivity contribution in [1.82, 2.24) is 5.32 Å². The monoisotopic (exact) mass is 197 g/mol. The maximum atomic E-state index is 11.2. The summed E-state index contributed by atoms with van der Waals surface area (Å²) in [6.45, 7) is 2.28. The summed E-state index contributed by atoms with van der Waals surface area (Å²) in [4.78, 5) is 11.2. The summed E-state index contributed by atoms with van der Waals surface area (Å²) in [5.74, 6) is 0.773. The number of carbonyl (C=O) groups is 1. The van der Waals surface area contributed by atoms with Crippen molar-refractivity contribution in [2.24, 2.45) is 0 Å². The minimum absolute atomic E-state index is 0.0981. The zero-order chi connectivity index (χ0) is 10.4. The van der Waals surface area contributed by atoms with E-state index >= 15 is 0 Å². The molecular weight excluding hydrogens is 182 g/mol. The van der Waals surface area contributed by atoms with Gasteiger partial charge in [-0.1, -0.05) is 0 Å². The molecule has 0 aromatic carbocycles. The smallest absolute Gasteiger partial charge is 0.248 e. The van der Waals surface area contributed by atoms with Crippen LogP contribution in [0.1, 0.15) is 12.7 Å². The maximum absolute atomic E-state index is 11.2. The zero-order valence-electron chi connectivity index (χ0n) is 8.45. The standard InChI is InChI=1S/C10H15NO3/c1-8(13-2)10(12)11-6-5-9-4-3-7-14-9/h3-4,7-8H,5-6H2,1-2H3,(H,11,12). The topological polar surface area (TPSA) is 51.5 Å². The number of nitrogens with one attached hydrogen (secondary N) is 1. The number of methoxy groups -OCH3 is 1. The lowest BCUT2D eigenvalue weighted by Gasteiger charge is -2.09. The van der Waals surface area contributed by atoms with Crippen molar-refractivity contribution in [3.05, 3.63) is 24.2 Å². The highest BCUT2D eigenvalue weighted by molar-refractivity contribution is 5.80. The lowest BCUT2D eigenvalue weighted by atomic mass is 10.3. The van der Waals surface area contributed by atoms with Gasteiger partial charge >= 0.3 is 0 Å². The van der Waals surface area contributed by atoms with Crippen molar-refractivity contribution >= 4 is 5.91 Å². The Morgan fingerprint density at radius 3 is 3.07 bits per heavy atom. The van der Waals surface area contributed by atoms with Crippen LogP contribution in [0, 0.1) is 0 Å². The summed E-state index contributed by atoms with van der Waals surface area (Å²) in [6.07, 6.45) is 1.93. The molecule has 78 valence electrons. The van der Waals surface area contributed by atoms with E-state index in [-0.39, 0.29) is 5.91 Å². The predicted molar refractivity (Wildman–Crippen MR) is 51.9 cm³/mol. The lowest BCUT2D eigenvalue weighted by Crippen LogP contribution is -2.35. The SMILES string of the molecule is COC(C)C(=O)NCCc1ccco1. The lowest BCUT2D eigenvalue weighted by molar-refractivity contribution is -0.129. The number of carbonyl (C=O) groups excluding carboxylic acids is 1. The summed E-state index contributed by atoms with van der Waals surface area (Å²) in [5, 5.41) is 2.75. The molecule has 0 fully saturated rings. The largest absolute Gasteiger partial charge is 0.469 e. The van der Waals surface area contributed by atoms with Gasteiger partial charge in [0, 0.05) is 20.1 Å². The molecule has 0 radical (unpaired) electrons. The minimum atomic E-state index is -0.397. The van der Waals surface area contributed by atoms with Crippen LogP contribution in [0.5, 0.6) is 0 Å². The summed E-state index contributed by atoms with van der Waals surface area (Å²) < 4.78 is 9.98. The van der Waals surface area contributed by atoms with E-state index in [1.807, 2.05) is 12.1 Å². The first-order valence-electron chi connectivity index (χ1n) is 4.57. The van der Waals surface area contributed by atoms with Crippen LogP contribution in [0.4, 0.5) is 0 Å². The van der Waals surface area contributed by atoms with Crippen molar-refractivity contribution in [2.45, 2.75) is 19.4 Å². The fraction of sp³-hybridized carbons (Fsp3) is 0.500. The number of hydrogen-bond donors (Lipinski definition) is 1. The first kappa shape index (κ1) is 10.8. The van der Waals surface area contributed by atoms with E-state index in [4.69, 9.17) is 9.15 Å². The summed E-state index contributed by atoms with van der Waals surface area (Å²) >= 11 is 0. The molecule has 1 unspecified atom stereocenters. The summed E-state index contributed by atoms with van der Waals surface area (Å²) in [7, 11) is 1.51. The van der Waals surface area contributed by atoms with Gasteiger partial charge in [0.25, 0.3) is 0 Å². The molecular formula is C10H15NO3. The molecule has 0 bridgehead atoms. The molecule has 1 amide bonds. The highest BCUT2D eigenvalue weighted by Crippen LogP contribution is 1.99. The van der Waals surface area contributed by atoms with Crippen LogP contribution >= 0.6 is 0 Å². The molecule has 1 aromatic heterocycles. The molecule has 4 heteroatoms. The highest BCUT2D eigenvalue weighted by atomic mass is 16.5. The van der Waals surface area contributed by atoms with Crippen molar-refractivity contribution in [2.75, 3.05) is 13.7 Å². The Morgan fingerprint density at radius 2 is 2.50 bits per heavy atom. The number of hydrogen-bond acceptors (Lipinski definition) is 3. The van der Waals surface area contributed by atoms with Crippen LogP contribution in [-0.4, -0.2) is 25.7 Å². The zero-order valence-corrected chi connectivity index (χ0v) is 8.45. The first-order chi connectivity index (χ1) is 6.74. The molecule has 1 N–H and O–H groups in total. The second kappa shape index (κ2) is 5.44. The van der Waals surface area contributed by atoms with E-state index in [0.29, 0.717) is 13.0 Å². The second-order valence-corrected chi connectivity index (χ2v) is 3.00. The van der Waals surface area contributed by atoms with Crippen LogP contribution in [0.3, 0.4) is 0 Å². The van der Waals surface area contributed by atoms with Gasteiger partial charge in [0.05, 0.1) is 6.26 Å². The molecule has 1 atom stereocenters. The fourth-order valence-corrected chi connectivity index (χ4v) is 1.01. The third-order valence-electron chi connectivity index (χ3n) is 1.97. The van der Waals surface area contributed by atoms with E-state index in [1.54, 1.807) is 13.2 Å². The molecule has 0 aliphatic carbocycles. The van der Waals surface area contributed by atoms with Crippen molar-refractivity contribution in [3.8, 4) is 0 Å². The van der Waals surface area contributed by atoms with Gasteiger partial charge in [0.15, 0.2) is 0 Å². The number of ether oxygens (including phenoxy) is 1. The van der Waals surface area contributed by atoms with Gasteiger partial charge in [0.1, 0.15) is 11.9 Å². The molecule has 1 rings (SSSR count). The Kier molecular flexibility index (Phi) is 4.19. The molecule has 0 saturated heterocycles. The summed E-state index contributed by atoms with van der Waals surface area (Å²) in [5.41, 5.74) is 0. The van der Waals surface area contributed by atoms with Gasteiger partial charge in [-0.2, -0.15) is 0 Å². The highest BCUT2D eigenvalue weighted by Gasteiger charge is 2.10. The Morgan fingerprint density at radius 1 is 1.71 bits per heavy atom.